The topological polar surface area (TPSA) is 114 Å². The monoisotopic (exact) mass is 1200 g/mol. The van der Waals surface area contributed by atoms with Gasteiger partial charge in [-0.25, -0.2) is 0 Å². The molecule has 0 aliphatic heterocycles. The van der Waals surface area contributed by atoms with Gasteiger partial charge in [-0.05, 0) is 115 Å². The van der Waals surface area contributed by atoms with Crippen LogP contribution in [-0.4, -0.2) is 69.4 Å². The molecule has 0 aliphatic carbocycles. The second-order valence-electron chi connectivity index (χ2n) is 24.6. The standard InChI is InChI=1S/C75H133N2O7P/c1-7-10-13-16-19-22-25-27-29-31-33-35-37-38-40-41-43-45-47-49-52-55-58-61-64-67-74(78)76-72(71-83-85(80,81)82-70-69-77(4,5)6)73(66-63-60-57-54-51-24-21-18-15-12-9-3)84-75(79)68-65-62-59-56-53-50-48-46-44-42-39-36-34-32-30-28-26-23-20-17-14-11-8-2/h11,14,19-20,22-23,27-30,33-36,42,44,63,66,72-73H,7-10,12-13,15-18,21,24-26,31-32,37-41,43,45-62,64-65,67-71H2,1-6H3,(H-,76,78,80,81)/b14-11-,22-19-,23-20-,29-27-,30-28-,35-33-,36-34-,44-42-,66-63+. The summed E-state index contributed by atoms with van der Waals surface area (Å²) in [4.78, 5) is 40.2. The highest BCUT2D eigenvalue weighted by Gasteiger charge is 2.27. The van der Waals surface area contributed by atoms with E-state index in [4.69, 9.17) is 13.8 Å². The largest absolute Gasteiger partial charge is 0.756 e. The maximum Gasteiger partial charge on any atom is 0.306 e. The summed E-state index contributed by atoms with van der Waals surface area (Å²) in [5.41, 5.74) is 0. The molecule has 0 aliphatic rings. The molecule has 9 nitrogen and oxygen atoms in total. The maximum absolute atomic E-state index is 13.6. The first-order chi connectivity index (χ1) is 41.4. The Balaban J connectivity index is 5.07. The van der Waals surface area contributed by atoms with Gasteiger partial charge in [0.15, 0.2) is 0 Å². The summed E-state index contributed by atoms with van der Waals surface area (Å²) in [5.74, 6) is -0.556. The van der Waals surface area contributed by atoms with E-state index < -0.39 is 26.6 Å². The molecule has 0 spiro atoms. The molecule has 0 bridgehead atoms. The number of esters is 1. The van der Waals surface area contributed by atoms with Crippen LogP contribution in [0, 0.1) is 0 Å². The first kappa shape index (κ1) is 81.7. The van der Waals surface area contributed by atoms with Crippen molar-refractivity contribution in [1.29, 1.82) is 0 Å². The number of unbranched alkanes of at least 4 members (excludes halogenated alkanes) is 31. The van der Waals surface area contributed by atoms with Crippen LogP contribution >= 0.6 is 7.82 Å². The normalized spacial score (nSPS) is 14.2. The van der Waals surface area contributed by atoms with Gasteiger partial charge < -0.3 is 28.5 Å². The molecule has 0 heterocycles. The van der Waals surface area contributed by atoms with Crippen LogP contribution < -0.4 is 10.2 Å². The van der Waals surface area contributed by atoms with Gasteiger partial charge >= 0.3 is 5.97 Å². The molecule has 490 valence electrons. The average Bonchev–Trinajstić information content (AvgIpc) is 3.62. The lowest BCUT2D eigenvalue weighted by Gasteiger charge is -2.30. The quantitative estimate of drug-likeness (QED) is 0.0212. The predicted molar refractivity (Wildman–Crippen MR) is 367 cm³/mol. The zero-order valence-corrected chi connectivity index (χ0v) is 56.9. The SMILES string of the molecule is CC/C=C\C/C=C\C/C=C\C/C=C\C/C=C\CCCCCCCCCC(=O)OC(/C=C/CCCCCCCCCCC)C(COP(=O)([O-])OCC[N+](C)(C)C)NC(=O)CCCCCCCCCCCCCC/C=C\C/C=C\C/C=C\CCCCC. The fourth-order valence-corrected chi connectivity index (χ4v) is 10.5. The first-order valence-corrected chi connectivity index (χ1v) is 36.7. The number of likely N-dealkylation sites (N-methyl/N-ethyl adjacent to an activating group) is 1. The van der Waals surface area contributed by atoms with Crippen LogP contribution in [-0.2, 0) is 27.9 Å². The van der Waals surface area contributed by atoms with Crippen molar-refractivity contribution in [1.82, 2.24) is 5.32 Å². The molecule has 0 fully saturated rings. The third-order valence-corrected chi connectivity index (χ3v) is 16.2. The number of hydrogen-bond acceptors (Lipinski definition) is 7. The summed E-state index contributed by atoms with van der Waals surface area (Å²) in [6.07, 6.45) is 87.8. The zero-order valence-electron chi connectivity index (χ0n) is 56.0. The maximum atomic E-state index is 13.6. The van der Waals surface area contributed by atoms with Crippen molar-refractivity contribution in [3.05, 3.63) is 109 Å². The molecule has 3 atom stereocenters. The molecule has 0 aromatic carbocycles. The molecule has 85 heavy (non-hydrogen) atoms. The second kappa shape index (κ2) is 63.7. The summed E-state index contributed by atoms with van der Waals surface area (Å²) in [7, 11) is 1.17. The lowest BCUT2D eigenvalue weighted by atomic mass is 10.0. The van der Waals surface area contributed by atoms with Gasteiger partial charge in [0, 0.05) is 12.8 Å². The highest BCUT2D eigenvalue weighted by Crippen LogP contribution is 2.38. The number of nitrogens with zero attached hydrogens (tertiary/aromatic N) is 1. The van der Waals surface area contributed by atoms with Crippen molar-refractivity contribution in [3.63, 3.8) is 0 Å². The molecule has 1 N–H and O–H groups in total. The number of hydrogen-bond donors (Lipinski definition) is 1. The molecule has 0 aromatic rings. The molecule has 0 saturated carbocycles. The Labute approximate surface area is 525 Å². The van der Waals surface area contributed by atoms with E-state index in [1.54, 1.807) is 0 Å². The summed E-state index contributed by atoms with van der Waals surface area (Å²) < 4.78 is 30.4. The number of amides is 1. The number of carbonyl (C=O) groups excluding carboxylic acids is 2. The number of rotatable bonds is 63. The fourth-order valence-electron chi connectivity index (χ4n) is 9.79. The molecular weight excluding hydrogens is 1070 g/mol. The van der Waals surface area contributed by atoms with Crippen molar-refractivity contribution in [2.75, 3.05) is 40.9 Å². The highest BCUT2D eigenvalue weighted by molar-refractivity contribution is 7.45. The Morgan fingerprint density at radius 3 is 1.15 bits per heavy atom. The summed E-state index contributed by atoms with van der Waals surface area (Å²) >= 11 is 0. The Morgan fingerprint density at radius 2 is 0.753 bits per heavy atom. The molecule has 1 amide bonds. The van der Waals surface area contributed by atoms with Crippen LogP contribution in [0.3, 0.4) is 0 Å². The Kier molecular flexibility index (Phi) is 61.2. The minimum atomic E-state index is -4.71. The van der Waals surface area contributed by atoms with Crippen molar-refractivity contribution in [2.45, 2.75) is 315 Å². The predicted octanol–water partition coefficient (Wildman–Crippen LogP) is 21.8. The Bertz CT molecular complexity index is 1820. The third kappa shape index (κ3) is 65.0. The molecule has 0 rings (SSSR count). The molecule has 0 saturated heterocycles. The highest BCUT2D eigenvalue weighted by atomic mass is 31.2. The lowest BCUT2D eigenvalue weighted by Crippen LogP contribution is -2.47. The number of carbonyl (C=O) groups is 2. The van der Waals surface area contributed by atoms with Crippen molar-refractivity contribution in [2.24, 2.45) is 0 Å². The van der Waals surface area contributed by atoms with E-state index in [9.17, 15) is 19.0 Å². The van der Waals surface area contributed by atoms with Crippen molar-refractivity contribution >= 4 is 19.7 Å². The number of phosphoric acid groups is 1. The van der Waals surface area contributed by atoms with Crippen molar-refractivity contribution in [3.8, 4) is 0 Å². The van der Waals surface area contributed by atoms with Gasteiger partial charge in [0.05, 0.1) is 33.8 Å². The smallest absolute Gasteiger partial charge is 0.306 e. The van der Waals surface area contributed by atoms with Crippen molar-refractivity contribution < 1.29 is 37.3 Å². The fraction of sp³-hybridized carbons (Fsp3) is 0.733. The minimum Gasteiger partial charge on any atom is -0.756 e. The molecule has 3 unspecified atom stereocenters. The third-order valence-electron chi connectivity index (χ3n) is 15.2. The number of ether oxygens (including phenoxy) is 1. The summed E-state index contributed by atoms with van der Waals surface area (Å²) in [5, 5.41) is 3.04. The summed E-state index contributed by atoms with van der Waals surface area (Å²) in [6, 6.07) is -0.901. The molecular formula is C75H133N2O7P. The van der Waals surface area contributed by atoms with E-state index in [0.717, 1.165) is 116 Å². The summed E-state index contributed by atoms with van der Waals surface area (Å²) in [6.45, 7) is 6.70. The van der Waals surface area contributed by atoms with Crippen LogP contribution in [0.5, 0.6) is 0 Å². The number of nitrogens with one attached hydrogen (secondary N) is 1. The molecule has 10 heteroatoms. The lowest BCUT2D eigenvalue weighted by molar-refractivity contribution is -0.870. The first-order valence-electron chi connectivity index (χ1n) is 35.2. The molecule has 0 radical (unpaired) electrons. The second-order valence-corrected chi connectivity index (χ2v) is 26.1. The van der Waals surface area contributed by atoms with Gasteiger partial charge in [0.2, 0.25) is 5.91 Å². The van der Waals surface area contributed by atoms with Crippen LogP contribution in [0.4, 0.5) is 0 Å². The van der Waals surface area contributed by atoms with E-state index >= 15 is 0 Å². The zero-order chi connectivity index (χ0) is 62.1. The van der Waals surface area contributed by atoms with Gasteiger partial charge in [-0.15, -0.1) is 0 Å². The van der Waals surface area contributed by atoms with Crippen LogP contribution in [0.1, 0.15) is 303 Å². The minimum absolute atomic E-state index is 0.0291. The van der Waals surface area contributed by atoms with Gasteiger partial charge in [0.25, 0.3) is 7.82 Å². The van der Waals surface area contributed by atoms with Crippen LogP contribution in [0.2, 0.25) is 0 Å². The van der Waals surface area contributed by atoms with Crippen LogP contribution in [0.25, 0.3) is 0 Å². The van der Waals surface area contributed by atoms with Gasteiger partial charge in [-0.3, -0.25) is 14.2 Å². The van der Waals surface area contributed by atoms with Crippen LogP contribution in [0.15, 0.2) is 109 Å². The van der Waals surface area contributed by atoms with E-state index in [0.29, 0.717) is 23.9 Å². The Hall–Kier alpha value is -3.33. The van der Waals surface area contributed by atoms with Gasteiger partial charge in [-0.1, -0.05) is 285 Å². The Morgan fingerprint density at radius 1 is 0.424 bits per heavy atom. The van der Waals surface area contributed by atoms with E-state index in [1.165, 1.54) is 148 Å². The van der Waals surface area contributed by atoms with Gasteiger partial charge in [-0.2, -0.15) is 0 Å². The average molecular weight is 1210 g/mol. The van der Waals surface area contributed by atoms with E-state index in [-0.39, 0.29) is 24.9 Å². The van der Waals surface area contributed by atoms with Gasteiger partial charge in [0.1, 0.15) is 19.3 Å². The van der Waals surface area contributed by atoms with E-state index in [1.807, 2.05) is 33.3 Å². The molecule has 0 aromatic heterocycles. The van der Waals surface area contributed by atoms with E-state index in [2.05, 4.69) is 123 Å². The number of phosphoric ester groups is 1. The number of quaternary nitrogens is 1. The number of allylic oxidation sites excluding steroid dienone is 17.